The summed E-state index contributed by atoms with van der Waals surface area (Å²) in [6.07, 6.45) is -1.03. The van der Waals surface area contributed by atoms with Gasteiger partial charge in [0.15, 0.2) is 11.5 Å². The molecule has 0 atom stereocenters. The summed E-state index contributed by atoms with van der Waals surface area (Å²) in [5.74, 6) is -0.891. The first-order valence-electron chi connectivity index (χ1n) is 7.83. The Labute approximate surface area is 160 Å². The Morgan fingerprint density at radius 2 is 1.82 bits per heavy atom. The molecule has 0 N–H and O–H groups in total. The number of rotatable bonds is 3. The Kier molecular flexibility index (Phi) is 4.38. The van der Waals surface area contributed by atoms with E-state index in [0.29, 0.717) is 0 Å². The van der Waals surface area contributed by atoms with E-state index >= 15 is 0 Å². The maximum absolute atomic E-state index is 14.1. The average Bonchev–Trinajstić information content (AvgIpc) is 3.29. The quantitative estimate of drug-likeness (QED) is 0.426. The summed E-state index contributed by atoms with van der Waals surface area (Å²) >= 11 is 5.98. The van der Waals surface area contributed by atoms with Crippen LogP contribution in [0.2, 0.25) is 5.02 Å². The van der Waals surface area contributed by atoms with E-state index in [9.17, 15) is 17.6 Å². The van der Waals surface area contributed by atoms with Crippen LogP contribution in [0.4, 0.5) is 17.6 Å². The molecule has 0 bridgehead atoms. The Morgan fingerprint density at radius 1 is 1.07 bits per heavy atom. The molecule has 142 valence electrons. The van der Waals surface area contributed by atoms with Crippen molar-refractivity contribution >= 4 is 11.6 Å². The molecule has 3 heterocycles. The Balaban J connectivity index is 1.85. The van der Waals surface area contributed by atoms with Gasteiger partial charge in [0.1, 0.15) is 11.5 Å². The second-order valence-electron chi connectivity index (χ2n) is 5.69. The van der Waals surface area contributed by atoms with Crippen LogP contribution in [0, 0.1) is 5.82 Å². The number of hydrogen-bond donors (Lipinski definition) is 0. The maximum atomic E-state index is 14.1. The minimum atomic E-state index is -4.74. The number of pyridine rings is 1. The fourth-order valence-electron chi connectivity index (χ4n) is 2.75. The van der Waals surface area contributed by atoms with Crippen LogP contribution in [0.25, 0.3) is 28.3 Å². The fraction of sp³-hybridized carbons (Fsp3) is 0.0556. The molecule has 0 fully saturated rings. The lowest BCUT2D eigenvalue weighted by atomic mass is 10.1. The molecule has 3 aromatic heterocycles. The number of alkyl halides is 3. The topological polar surface area (TPSA) is 56.7 Å². The van der Waals surface area contributed by atoms with Crippen molar-refractivity contribution in [3.63, 3.8) is 0 Å². The van der Waals surface area contributed by atoms with Gasteiger partial charge < -0.3 is 4.52 Å². The van der Waals surface area contributed by atoms with E-state index in [-0.39, 0.29) is 33.3 Å². The highest BCUT2D eigenvalue weighted by Gasteiger charge is 2.40. The third-order valence-electron chi connectivity index (χ3n) is 3.94. The monoisotopic (exact) mass is 408 g/mol. The number of halogens is 5. The first-order chi connectivity index (χ1) is 13.4. The highest BCUT2D eigenvalue weighted by molar-refractivity contribution is 6.33. The summed E-state index contributed by atoms with van der Waals surface area (Å²) in [6, 6.07) is 7.97. The van der Waals surface area contributed by atoms with Gasteiger partial charge in [-0.2, -0.15) is 18.3 Å². The van der Waals surface area contributed by atoms with Crippen LogP contribution >= 0.6 is 11.6 Å². The van der Waals surface area contributed by atoms with Gasteiger partial charge in [-0.1, -0.05) is 22.8 Å². The summed E-state index contributed by atoms with van der Waals surface area (Å²) in [6.45, 7) is 0. The van der Waals surface area contributed by atoms with Gasteiger partial charge in [0, 0.05) is 18.5 Å². The SMILES string of the molecule is Fc1cccc(Cl)c1-c1cc(-c2cnn(-c3ccncc3)c2C(F)(F)F)on1. The van der Waals surface area contributed by atoms with Crippen LogP contribution in [0.15, 0.2) is 59.5 Å². The fourth-order valence-corrected chi connectivity index (χ4v) is 3.00. The highest BCUT2D eigenvalue weighted by Crippen LogP contribution is 2.40. The Morgan fingerprint density at radius 3 is 2.50 bits per heavy atom. The lowest BCUT2D eigenvalue weighted by Gasteiger charge is -2.11. The van der Waals surface area contributed by atoms with Gasteiger partial charge in [-0.3, -0.25) is 4.98 Å². The third-order valence-corrected chi connectivity index (χ3v) is 4.25. The number of benzene rings is 1. The average molecular weight is 409 g/mol. The van der Waals surface area contributed by atoms with Gasteiger partial charge in [0.25, 0.3) is 0 Å². The zero-order valence-electron chi connectivity index (χ0n) is 13.8. The van der Waals surface area contributed by atoms with E-state index in [1.807, 2.05) is 0 Å². The van der Waals surface area contributed by atoms with Crippen molar-refractivity contribution in [3.8, 4) is 28.3 Å². The second-order valence-corrected chi connectivity index (χ2v) is 6.10. The predicted molar refractivity (Wildman–Crippen MR) is 92.3 cm³/mol. The lowest BCUT2D eigenvalue weighted by Crippen LogP contribution is -2.14. The molecule has 0 aliphatic carbocycles. The van der Waals surface area contributed by atoms with Crippen molar-refractivity contribution in [2.75, 3.05) is 0 Å². The molecule has 10 heteroatoms. The molecule has 4 rings (SSSR count). The molecular formula is C18H9ClF4N4O. The number of aromatic nitrogens is 4. The van der Waals surface area contributed by atoms with Gasteiger partial charge in [-0.25, -0.2) is 9.07 Å². The molecule has 0 radical (unpaired) electrons. The Bertz CT molecular complexity index is 1120. The Hall–Kier alpha value is -3.20. The molecule has 5 nitrogen and oxygen atoms in total. The second kappa shape index (κ2) is 6.75. The van der Waals surface area contributed by atoms with Gasteiger partial charge in [0.05, 0.1) is 28.0 Å². The van der Waals surface area contributed by atoms with E-state index in [1.165, 1.54) is 42.7 Å². The van der Waals surface area contributed by atoms with Crippen molar-refractivity contribution in [2.24, 2.45) is 0 Å². The summed E-state index contributed by atoms with van der Waals surface area (Å²) in [5.41, 5.74) is -1.31. The van der Waals surface area contributed by atoms with Crippen LogP contribution < -0.4 is 0 Å². The maximum Gasteiger partial charge on any atom is 0.434 e. The smallest absolute Gasteiger partial charge is 0.356 e. The summed E-state index contributed by atoms with van der Waals surface area (Å²) in [5, 5.41) is 7.56. The molecule has 1 aromatic carbocycles. The lowest BCUT2D eigenvalue weighted by molar-refractivity contribution is -0.142. The van der Waals surface area contributed by atoms with Crippen molar-refractivity contribution in [2.45, 2.75) is 6.18 Å². The summed E-state index contributed by atoms with van der Waals surface area (Å²) in [7, 11) is 0. The molecule has 0 unspecified atom stereocenters. The van der Waals surface area contributed by atoms with Crippen LogP contribution in [0.1, 0.15) is 5.69 Å². The van der Waals surface area contributed by atoms with Crippen LogP contribution in [0.3, 0.4) is 0 Å². The number of hydrogen-bond acceptors (Lipinski definition) is 4. The van der Waals surface area contributed by atoms with E-state index < -0.39 is 17.7 Å². The first kappa shape index (κ1) is 18.2. The minimum absolute atomic E-state index is 0.0251. The van der Waals surface area contributed by atoms with Crippen molar-refractivity contribution in [1.29, 1.82) is 0 Å². The highest BCUT2D eigenvalue weighted by atomic mass is 35.5. The van der Waals surface area contributed by atoms with Crippen LogP contribution in [0.5, 0.6) is 0 Å². The molecular weight excluding hydrogens is 400 g/mol. The molecule has 4 aromatic rings. The van der Waals surface area contributed by atoms with E-state index in [1.54, 1.807) is 0 Å². The van der Waals surface area contributed by atoms with Crippen molar-refractivity contribution in [3.05, 3.63) is 71.5 Å². The normalized spacial score (nSPS) is 11.8. The summed E-state index contributed by atoms with van der Waals surface area (Å²) in [4.78, 5) is 3.78. The van der Waals surface area contributed by atoms with Gasteiger partial charge in [-0.05, 0) is 24.3 Å². The van der Waals surface area contributed by atoms with Gasteiger partial charge >= 0.3 is 6.18 Å². The summed E-state index contributed by atoms with van der Waals surface area (Å²) < 4.78 is 61.1. The molecule has 0 aliphatic rings. The van der Waals surface area contributed by atoms with Crippen molar-refractivity contribution < 1.29 is 22.1 Å². The largest absolute Gasteiger partial charge is 0.434 e. The van der Waals surface area contributed by atoms with Crippen molar-refractivity contribution in [1.82, 2.24) is 19.9 Å². The zero-order valence-corrected chi connectivity index (χ0v) is 14.5. The third kappa shape index (κ3) is 3.13. The van der Waals surface area contributed by atoms with Crippen LogP contribution in [-0.4, -0.2) is 19.9 Å². The molecule has 0 amide bonds. The zero-order chi connectivity index (χ0) is 19.9. The first-order valence-corrected chi connectivity index (χ1v) is 8.21. The van der Waals surface area contributed by atoms with E-state index in [0.717, 1.165) is 16.9 Å². The van der Waals surface area contributed by atoms with E-state index in [2.05, 4.69) is 15.2 Å². The van der Waals surface area contributed by atoms with E-state index in [4.69, 9.17) is 16.1 Å². The van der Waals surface area contributed by atoms with Crippen LogP contribution in [-0.2, 0) is 6.18 Å². The standard InChI is InChI=1S/C18H9ClF4N4O/c19-12-2-1-3-13(20)16(12)14-8-15(28-26-14)11-9-25-27(17(11)18(21,22)23)10-4-6-24-7-5-10/h1-9H. The molecule has 0 spiro atoms. The predicted octanol–water partition coefficient (Wildman–Crippen LogP) is 5.40. The molecule has 0 saturated heterocycles. The van der Waals surface area contributed by atoms with Gasteiger partial charge in [-0.15, -0.1) is 0 Å². The molecule has 0 saturated carbocycles. The minimum Gasteiger partial charge on any atom is -0.356 e. The molecule has 0 aliphatic heterocycles. The number of nitrogens with zero attached hydrogens (tertiary/aromatic N) is 4. The molecule has 28 heavy (non-hydrogen) atoms. The van der Waals surface area contributed by atoms with Gasteiger partial charge in [0.2, 0.25) is 0 Å².